The Morgan fingerprint density at radius 1 is 0.971 bits per heavy atom. The second-order valence-corrected chi connectivity index (χ2v) is 9.50. The van der Waals surface area contributed by atoms with Crippen LogP contribution in [0, 0.1) is 13.8 Å². The molecule has 0 aromatic heterocycles. The SMILES string of the molecule is Cc1ccc(NC(=O)C[C@H]2C(=O)NCCN2C(=O)CN2CCN(Cc3ccccc3)CC2)c(C)c1. The lowest BCUT2D eigenvalue weighted by Gasteiger charge is -2.38. The summed E-state index contributed by atoms with van der Waals surface area (Å²) in [7, 11) is 0. The van der Waals surface area contributed by atoms with Crippen molar-refractivity contribution in [3.63, 3.8) is 0 Å². The third kappa shape index (κ3) is 6.68. The molecule has 2 aliphatic heterocycles. The van der Waals surface area contributed by atoms with Crippen molar-refractivity contribution in [1.29, 1.82) is 0 Å². The fraction of sp³-hybridized carbons (Fsp3) is 0.444. The monoisotopic (exact) mass is 477 g/mol. The lowest BCUT2D eigenvalue weighted by molar-refractivity contribution is -0.145. The Bertz CT molecular complexity index is 1050. The first-order chi connectivity index (χ1) is 16.9. The number of carbonyl (C=O) groups is 3. The van der Waals surface area contributed by atoms with E-state index in [2.05, 4.69) is 44.7 Å². The van der Waals surface area contributed by atoms with Crippen LogP contribution >= 0.6 is 0 Å². The van der Waals surface area contributed by atoms with Crippen LogP contribution < -0.4 is 10.6 Å². The summed E-state index contributed by atoms with van der Waals surface area (Å²) in [5, 5.41) is 5.70. The predicted octanol–water partition coefficient (Wildman–Crippen LogP) is 1.78. The number of piperazine rings is 2. The number of aryl methyl sites for hydroxylation is 2. The van der Waals surface area contributed by atoms with Gasteiger partial charge in [0.2, 0.25) is 17.7 Å². The zero-order chi connectivity index (χ0) is 24.8. The minimum absolute atomic E-state index is 0.0598. The van der Waals surface area contributed by atoms with Crippen LogP contribution in [0.2, 0.25) is 0 Å². The van der Waals surface area contributed by atoms with Crippen molar-refractivity contribution < 1.29 is 14.4 Å². The average Bonchev–Trinajstić information content (AvgIpc) is 2.84. The summed E-state index contributed by atoms with van der Waals surface area (Å²) in [4.78, 5) is 44.7. The lowest BCUT2D eigenvalue weighted by Crippen LogP contribution is -2.60. The van der Waals surface area contributed by atoms with Crippen LogP contribution in [-0.4, -0.2) is 84.3 Å². The van der Waals surface area contributed by atoms with Crippen molar-refractivity contribution in [2.75, 3.05) is 51.1 Å². The molecule has 2 heterocycles. The number of amides is 3. The lowest BCUT2D eigenvalue weighted by atomic mass is 10.1. The summed E-state index contributed by atoms with van der Waals surface area (Å²) < 4.78 is 0. The van der Waals surface area contributed by atoms with E-state index in [0.29, 0.717) is 13.1 Å². The van der Waals surface area contributed by atoms with Crippen molar-refractivity contribution >= 4 is 23.4 Å². The van der Waals surface area contributed by atoms with Crippen LogP contribution in [0.25, 0.3) is 0 Å². The van der Waals surface area contributed by atoms with Crippen molar-refractivity contribution in [2.24, 2.45) is 0 Å². The quantitative estimate of drug-likeness (QED) is 0.635. The molecule has 8 heteroatoms. The molecule has 2 aliphatic rings. The van der Waals surface area contributed by atoms with Gasteiger partial charge in [0, 0.05) is 51.5 Å². The number of benzene rings is 2. The first-order valence-corrected chi connectivity index (χ1v) is 12.3. The maximum absolute atomic E-state index is 13.2. The molecular formula is C27H35N5O3. The molecule has 8 nitrogen and oxygen atoms in total. The summed E-state index contributed by atoms with van der Waals surface area (Å²) in [6.45, 7) is 9.32. The zero-order valence-electron chi connectivity index (χ0n) is 20.6. The van der Waals surface area contributed by atoms with Crippen molar-refractivity contribution in [3.8, 4) is 0 Å². The van der Waals surface area contributed by atoms with Crippen molar-refractivity contribution in [3.05, 3.63) is 65.2 Å². The summed E-state index contributed by atoms with van der Waals surface area (Å²) in [6, 6.07) is 15.4. The Hall–Kier alpha value is -3.23. The standard InChI is InChI=1S/C27H35N5O3/c1-20-8-9-23(21(2)16-20)29-25(33)17-24-27(35)28-10-11-32(24)26(34)19-31-14-12-30(13-15-31)18-22-6-4-3-5-7-22/h3-9,16,24H,10-15,17-19H2,1-2H3,(H,28,35)(H,29,33)/t24-/m0/s1. The highest BCUT2D eigenvalue weighted by Gasteiger charge is 2.35. The number of nitrogens with zero attached hydrogens (tertiary/aromatic N) is 3. The summed E-state index contributed by atoms with van der Waals surface area (Å²) in [5.74, 6) is -0.639. The number of hydrogen-bond acceptors (Lipinski definition) is 5. The van der Waals surface area contributed by atoms with Gasteiger partial charge >= 0.3 is 0 Å². The highest BCUT2D eigenvalue weighted by Crippen LogP contribution is 2.18. The van der Waals surface area contributed by atoms with Gasteiger partial charge in [0.15, 0.2) is 0 Å². The van der Waals surface area contributed by atoms with E-state index in [9.17, 15) is 14.4 Å². The summed E-state index contributed by atoms with van der Waals surface area (Å²) in [6.07, 6.45) is -0.0598. The normalized spacial score (nSPS) is 19.3. The van der Waals surface area contributed by atoms with E-state index in [1.54, 1.807) is 4.90 Å². The Labute approximate surface area is 207 Å². The number of nitrogens with one attached hydrogen (secondary N) is 2. The molecule has 3 amide bonds. The van der Waals surface area contributed by atoms with E-state index >= 15 is 0 Å². The fourth-order valence-corrected chi connectivity index (χ4v) is 4.78. The second-order valence-electron chi connectivity index (χ2n) is 9.50. The molecule has 0 aliphatic carbocycles. The van der Waals surface area contributed by atoms with Crippen LogP contribution in [0.5, 0.6) is 0 Å². The molecule has 0 spiro atoms. The Balaban J connectivity index is 1.30. The van der Waals surface area contributed by atoms with Crippen LogP contribution in [0.4, 0.5) is 5.69 Å². The van der Waals surface area contributed by atoms with Crippen LogP contribution in [-0.2, 0) is 20.9 Å². The van der Waals surface area contributed by atoms with Crippen molar-refractivity contribution in [2.45, 2.75) is 32.9 Å². The highest BCUT2D eigenvalue weighted by atomic mass is 16.2. The molecule has 0 saturated carbocycles. The van der Waals surface area contributed by atoms with E-state index in [1.165, 1.54) is 5.56 Å². The van der Waals surface area contributed by atoms with E-state index in [-0.39, 0.29) is 30.7 Å². The van der Waals surface area contributed by atoms with E-state index in [0.717, 1.165) is 49.5 Å². The molecule has 35 heavy (non-hydrogen) atoms. The van der Waals surface area contributed by atoms with Gasteiger partial charge in [-0.05, 0) is 31.0 Å². The van der Waals surface area contributed by atoms with Gasteiger partial charge in [0.1, 0.15) is 6.04 Å². The second kappa shape index (κ2) is 11.5. The van der Waals surface area contributed by atoms with Gasteiger partial charge < -0.3 is 15.5 Å². The molecule has 4 rings (SSSR count). The number of carbonyl (C=O) groups excluding carboxylic acids is 3. The highest BCUT2D eigenvalue weighted by molar-refractivity contribution is 5.98. The van der Waals surface area contributed by atoms with Crippen LogP contribution in [0.1, 0.15) is 23.1 Å². The third-order valence-corrected chi connectivity index (χ3v) is 6.76. The molecule has 0 bridgehead atoms. The molecule has 1 atom stereocenters. The average molecular weight is 478 g/mol. The van der Waals surface area contributed by atoms with Gasteiger partial charge in [-0.2, -0.15) is 0 Å². The van der Waals surface area contributed by atoms with Gasteiger partial charge in [-0.15, -0.1) is 0 Å². The van der Waals surface area contributed by atoms with Gasteiger partial charge in [-0.3, -0.25) is 24.2 Å². The predicted molar refractivity (Wildman–Crippen MR) is 136 cm³/mol. The summed E-state index contributed by atoms with van der Waals surface area (Å²) in [5.41, 5.74) is 4.09. The Kier molecular flexibility index (Phi) is 8.15. The maximum atomic E-state index is 13.2. The fourth-order valence-electron chi connectivity index (χ4n) is 4.78. The van der Waals surface area contributed by atoms with Gasteiger partial charge in [-0.25, -0.2) is 0 Å². The van der Waals surface area contributed by atoms with Gasteiger partial charge in [-0.1, -0.05) is 48.0 Å². The molecule has 0 radical (unpaired) electrons. The zero-order valence-corrected chi connectivity index (χ0v) is 20.6. The molecule has 0 unspecified atom stereocenters. The molecule has 2 fully saturated rings. The summed E-state index contributed by atoms with van der Waals surface area (Å²) >= 11 is 0. The number of rotatable bonds is 7. The molecule has 2 saturated heterocycles. The minimum atomic E-state index is -0.790. The van der Waals surface area contributed by atoms with Crippen LogP contribution in [0.3, 0.4) is 0 Å². The molecular weight excluding hydrogens is 442 g/mol. The van der Waals surface area contributed by atoms with Gasteiger partial charge in [0.25, 0.3) is 0 Å². The van der Waals surface area contributed by atoms with Crippen LogP contribution in [0.15, 0.2) is 48.5 Å². The molecule has 2 N–H and O–H groups in total. The number of anilines is 1. The molecule has 2 aromatic carbocycles. The van der Waals surface area contributed by atoms with E-state index < -0.39 is 6.04 Å². The van der Waals surface area contributed by atoms with Crippen molar-refractivity contribution in [1.82, 2.24) is 20.0 Å². The Morgan fingerprint density at radius 3 is 2.40 bits per heavy atom. The maximum Gasteiger partial charge on any atom is 0.243 e. The van der Waals surface area contributed by atoms with E-state index in [4.69, 9.17) is 0 Å². The molecule has 186 valence electrons. The van der Waals surface area contributed by atoms with Gasteiger partial charge in [0.05, 0.1) is 13.0 Å². The minimum Gasteiger partial charge on any atom is -0.353 e. The smallest absolute Gasteiger partial charge is 0.243 e. The molecule has 2 aromatic rings. The first kappa shape index (κ1) is 24.9. The first-order valence-electron chi connectivity index (χ1n) is 12.3. The third-order valence-electron chi connectivity index (χ3n) is 6.76. The van der Waals surface area contributed by atoms with E-state index in [1.807, 2.05) is 38.1 Å². The largest absolute Gasteiger partial charge is 0.353 e. The topological polar surface area (TPSA) is 85.0 Å². The Morgan fingerprint density at radius 2 is 1.69 bits per heavy atom. The number of hydrogen-bond donors (Lipinski definition) is 2.